The van der Waals surface area contributed by atoms with Gasteiger partial charge in [0.05, 0.1) is 29.9 Å². The Hall–Kier alpha value is -0.850. The molecule has 0 aliphatic carbocycles. The fraction of sp³-hybridized carbons (Fsp3) is 0.667. The van der Waals surface area contributed by atoms with Gasteiger partial charge in [-0.05, 0) is 25.5 Å². The molecule has 1 aromatic heterocycles. The number of hydrogen-bond donors (Lipinski definition) is 1. The molecule has 1 N–H and O–H groups in total. The first-order valence-electron chi connectivity index (χ1n) is 6.16. The molecular weight excluding hydrogens is 254 g/mol. The van der Waals surface area contributed by atoms with E-state index in [1.807, 2.05) is 19.1 Å². The lowest BCUT2D eigenvalue weighted by Crippen LogP contribution is -2.33. The molecule has 0 spiro atoms. The highest BCUT2D eigenvalue weighted by molar-refractivity contribution is 7.92. The molecule has 102 valence electrons. The van der Waals surface area contributed by atoms with Crippen molar-refractivity contribution < 1.29 is 17.6 Å². The first-order chi connectivity index (χ1) is 8.59. The molecule has 2 unspecified atom stereocenters. The molecule has 18 heavy (non-hydrogen) atoms. The molecule has 6 heteroatoms. The van der Waals surface area contributed by atoms with E-state index in [0.29, 0.717) is 26.1 Å². The van der Waals surface area contributed by atoms with Crippen molar-refractivity contribution in [3.8, 4) is 0 Å². The van der Waals surface area contributed by atoms with Gasteiger partial charge >= 0.3 is 0 Å². The number of nitrogens with one attached hydrogen (secondary N) is 1. The van der Waals surface area contributed by atoms with Crippen molar-refractivity contribution in [2.75, 3.05) is 18.9 Å². The smallest absolute Gasteiger partial charge is 0.157 e. The van der Waals surface area contributed by atoms with E-state index in [-0.39, 0.29) is 17.1 Å². The van der Waals surface area contributed by atoms with Crippen LogP contribution in [0.25, 0.3) is 0 Å². The third-order valence-corrected chi connectivity index (χ3v) is 5.53. The second kappa shape index (κ2) is 5.86. The van der Waals surface area contributed by atoms with Gasteiger partial charge in [-0.25, -0.2) is 8.42 Å². The topological polar surface area (TPSA) is 68.5 Å². The molecule has 0 amide bonds. The maximum absolute atomic E-state index is 12.1. The number of furan rings is 1. The minimum atomic E-state index is -3.07. The molecule has 2 heterocycles. The maximum Gasteiger partial charge on any atom is 0.157 e. The summed E-state index contributed by atoms with van der Waals surface area (Å²) in [4.78, 5) is 0. The third-order valence-electron chi connectivity index (χ3n) is 3.21. The van der Waals surface area contributed by atoms with Crippen molar-refractivity contribution in [1.29, 1.82) is 0 Å². The quantitative estimate of drug-likeness (QED) is 0.782. The molecular formula is C12H19NO4S. The summed E-state index contributed by atoms with van der Waals surface area (Å²) in [6.45, 7) is 3.36. The molecule has 1 saturated heterocycles. The van der Waals surface area contributed by atoms with Crippen LogP contribution in [0.1, 0.15) is 19.1 Å². The van der Waals surface area contributed by atoms with Gasteiger partial charge in [0.2, 0.25) is 0 Å². The summed E-state index contributed by atoms with van der Waals surface area (Å²) in [5.74, 6) is 0.955. The summed E-state index contributed by atoms with van der Waals surface area (Å²) >= 11 is 0. The van der Waals surface area contributed by atoms with Crippen LogP contribution in [0.5, 0.6) is 0 Å². The molecule has 5 nitrogen and oxygen atoms in total. The minimum Gasteiger partial charge on any atom is -0.468 e. The summed E-state index contributed by atoms with van der Waals surface area (Å²) in [6.07, 6.45) is 2.03. The van der Waals surface area contributed by atoms with Crippen LogP contribution in [0.3, 0.4) is 0 Å². The molecule has 0 aromatic carbocycles. The average molecular weight is 273 g/mol. The van der Waals surface area contributed by atoms with Crippen molar-refractivity contribution in [1.82, 2.24) is 5.32 Å². The van der Waals surface area contributed by atoms with Gasteiger partial charge in [0.1, 0.15) is 5.76 Å². The monoisotopic (exact) mass is 273 g/mol. The van der Waals surface area contributed by atoms with Gasteiger partial charge in [-0.15, -0.1) is 0 Å². The van der Waals surface area contributed by atoms with E-state index in [2.05, 4.69) is 5.32 Å². The standard InChI is InChI=1S/C12H19NO4S/c1-10-12(4-7-16-10)18(14,15)8-5-13-9-11-3-2-6-17-11/h2-3,6,10,12-13H,4-5,7-9H2,1H3. The summed E-state index contributed by atoms with van der Waals surface area (Å²) in [5, 5.41) is 2.72. The van der Waals surface area contributed by atoms with Crippen molar-refractivity contribution in [3.63, 3.8) is 0 Å². The molecule has 2 rings (SSSR count). The van der Waals surface area contributed by atoms with E-state index in [1.54, 1.807) is 6.26 Å². The Balaban J connectivity index is 1.75. The summed E-state index contributed by atoms with van der Waals surface area (Å²) in [7, 11) is -3.07. The zero-order valence-electron chi connectivity index (χ0n) is 10.5. The first-order valence-corrected chi connectivity index (χ1v) is 7.87. The highest BCUT2D eigenvalue weighted by Gasteiger charge is 2.35. The minimum absolute atomic E-state index is 0.145. The summed E-state index contributed by atoms with van der Waals surface area (Å²) in [6, 6.07) is 3.67. The van der Waals surface area contributed by atoms with Crippen molar-refractivity contribution in [2.45, 2.75) is 31.2 Å². The second-order valence-electron chi connectivity index (χ2n) is 4.53. The highest BCUT2D eigenvalue weighted by atomic mass is 32.2. The highest BCUT2D eigenvalue weighted by Crippen LogP contribution is 2.21. The number of sulfone groups is 1. The van der Waals surface area contributed by atoms with Crippen molar-refractivity contribution in [3.05, 3.63) is 24.2 Å². The molecule has 0 saturated carbocycles. The van der Waals surface area contributed by atoms with Crippen molar-refractivity contribution in [2.24, 2.45) is 0 Å². The van der Waals surface area contributed by atoms with Crippen LogP contribution in [0.2, 0.25) is 0 Å². The molecule has 0 bridgehead atoms. The fourth-order valence-electron chi connectivity index (χ4n) is 2.17. The van der Waals surface area contributed by atoms with Crippen LogP contribution in [0.15, 0.2) is 22.8 Å². The van der Waals surface area contributed by atoms with Gasteiger partial charge in [-0.1, -0.05) is 0 Å². The van der Waals surface area contributed by atoms with Crippen LogP contribution in [0, 0.1) is 0 Å². The molecule has 2 atom stereocenters. The number of hydrogen-bond acceptors (Lipinski definition) is 5. The van der Waals surface area contributed by atoms with E-state index in [9.17, 15) is 8.42 Å². The maximum atomic E-state index is 12.1. The molecule has 0 radical (unpaired) electrons. The largest absolute Gasteiger partial charge is 0.468 e. The summed E-state index contributed by atoms with van der Waals surface area (Å²) in [5.41, 5.74) is 0. The van der Waals surface area contributed by atoms with E-state index in [1.165, 1.54) is 0 Å². The number of rotatable bonds is 6. The Bertz CT molecular complexity index is 454. The van der Waals surface area contributed by atoms with E-state index in [4.69, 9.17) is 9.15 Å². The molecule has 1 fully saturated rings. The Morgan fingerprint density at radius 3 is 2.94 bits per heavy atom. The Labute approximate surface area is 107 Å². The lowest BCUT2D eigenvalue weighted by Gasteiger charge is -2.14. The predicted molar refractivity (Wildman–Crippen MR) is 68.0 cm³/mol. The summed E-state index contributed by atoms with van der Waals surface area (Å²) < 4.78 is 34.6. The van der Waals surface area contributed by atoms with Gasteiger partial charge in [0, 0.05) is 13.2 Å². The van der Waals surface area contributed by atoms with Crippen LogP contribution >= 0.6 is 0 Å². The van der Waals surface area contributed by atoms with Gasteiger partial charge in [-0.2, -0.15) is 0 Å². The predicted octanol–water partition coefficient (Wildman–Crippen LogP) is 0.961. The molecule has 1 aromatic rings. The lowest BCUT2D eigenvalue weighted by atomic mass is 10.3. The van der Waals surface area contributed by atoms with Gasteiger partial charge in [-0.3, -0.25) is 0 Å². The Morgan fingerprint density at radius 1 is 1.50 bits per heavy atom. The van der Waals surface area contributed by atoms with E-state index in [0.717, 1.165) is 5.76 Å². The third kappa shape index (κ3) is 3.34. The average Bonchev–Trinajstić information content (AvgIpc) is 2.95. The van der Waals surface area contributed by atoms with E-state index >= 15 is 0 Å². The van der Waals surface area contributed by atoms with E-state index < -0.39 is 9.84 Å². The van der Waals surface area contributed by atoms with Gasteiger partial charge in [0.25, 0.3) is 0 Å². The Morgan fingerprint density at radius 2 is 2.33 bits per heavy atom. The second-order valence-corrected chi connectivity index (χ2v) is 6.87. The van der Waals surface area contributed by atoms with Crippen LogP contribution in [-0.2, 0) is 21.1 Å². The molecule has 1 aliphatic heterocycles. The zero-order chi connectivity index (χ0) is 13.0. The number of ether oxygens (including phenoxy) is 1. The lowest BCUT2D eigenvalue weighted by molar-refractivity contribution is 0.126. The van der Waals surface area contributed by atoms with Gasteiger partial charge in [0.15, 0.2) is 9.84 Å². The first kappa shape index (κ1) is 13.6. The molecule has 1 aliphatic rings. The van der Waals surface area contributed by atoms with Gasteiger partial charge < -0.3 is 14.5 Å². The van der Waals surface area contributed by atoms with Crippen LogP contribution < -0.4 is 5.32 Å². The normalized spacial score (nSPS) is 24.5. The van der Waals surface area contributed by atoms with Crippen LogP contribution in [0.4, 0.5) is 0 Å². The van der Waals surface area contributed by atoms with Crippen LogP contribution in [-0.4, -0.2) is 38.7 Å². The fourth-order valence-corrected chi connectivity index (χ4v) is 4.02. The zero-order valence-corrected chi connectivity index (χ0v) is 11.3. The SMILES string of the molecule is CC1OCCC1S(=O)(=O)CCNCc1ccco1. The van der Waals surface area contributed by atoms with Crippen molar-refractivity contribution >= 4 is 9.84 Å². The Kier molecular flexibility index (Phi) is 4.42.